The lowest BCUT2D eigenvalue weighted by Gasteiger charge is -2.35. The predicted molar refractivity (Wildman–Crippen MR) is 54.4 cm³/mol. The number of rotatable bonds is 3. The zero-order valence-electron chi connectivity index (χ0n) is 8.55. The molecule has 3 heteroatoms. The summed E-state index contributed by atoms with van der Waals surface area (Å²) in [5, 5.41) is 12.3. The standard InChI is InChI=1S/C11H16N2O/c1-3-7-13-11(9-12)6-4-5-10(8-11)14-2/h1,10,13H,4-8H2,2H3. The summed E-state index contributed by atoms with van der Waals surface area (Å²) in [4.78, 5) is 0. The van der Waals surface area contributed by atoms with E-state index in [9.17, 15) is 0 Å². The normalized spacial score (nSPS) is 31.8. The van der Waals surface area contributed by atoms with Crippen LogP contribution in [0.5, 0.6) is 0 Å². The predicted octanol–water partition coefficient (Wildman–Crippen LogP) is 1.06. The van der Waals surface area contributed by atoms with E-state index in [1.165, 1.54) is 0 Å². The third kappa shape index (κ3) is 2.48. The van der Waals surface area contributed by atoms with Crippen molar-refractivity contribution in [2.75, 3.05) is 13.7 Å². The first-order chi connectivity index (χ1) is 6.76. The van der Waals surface area contributed by atoms with Crippen molar-refractivity contribution >= 4 is 0 Å². The Bertz CT molecular complexity index is 263. The van der Waals surface area contributed by atoms with Crippen LogP contribution in [0.15, 0.2) is 0 Å². The van der Waals surface area contributed by atoms with Gasteiger partial charge in [-0.15, -0.1) is 6.42 Å². The van der Waals surface area contributed by atoms with Crippen molar-refractivity contribution in [3.05, 3.63) is 0 Å². The van der Waals surface area contributed by atoms with E-state index >= 15 is 0 Å². The molecule has 1 rings (SSSR count). The minimum atomic E-state index is -0.467. The van der Waals surface area contributed by atoms with Gasteiger partial charge in [-0.3, -0.25) is 5.32 Å². The SMILES string of the molecule is C#CCNC1(C#N)CCCC(OC)C1. The van der Waals surface area contributed by atoms with Crippen LogP contribution in [0.3, 0.4) is 0 Å². The lowest BCUT2D eigenvalue weighted by Crippen LogP contribution is -2.49. The van der Waals surface area contributed by atoms with Gasteiger partial charge in [0, 0.05) is 13.5 Å². The van der Waals surface area contributed by atoms with Crippen LogP contribution in [-0.2, 0) is 4.74 Å². The average Bonchev–Trinajstić information content (AvgIpc) is 2.26. The third-order valence-corrected chi connectivity index (χ3v) is 2.78. The zero-order chi connectivity index (χ0) is 10.4. The molecular weight excluding hydrogens is 176 g/mol. The van der Waals surface area contributed by atoms with Gasteiger partial charge in [0.25, 0.3) is 0 Å². The molecule has 0 aromatic carbocycles. The molecule has 0 aromatic rings. The van der Waals surface area contributed by atoms with Crippen LogP contribution < -0.4 is 5.32 Å². The highest BCUT2D eigenvalue weighted by molar-refractivity contribution is 5.11. The van der Waals surface area contributed by atoms with Crippen LogP contribution in [0.4, 0.5) is 0 Å². The summed E-state index contributed by atoms with van der Waals surface area (Å²) in [7, 11) is 1.69. The highest BCUT2D eigenvalue weighted by Crippen LogP contribution is 2.29. The molecule has 0 spiro atoms. The van der Waals surface area contributed by atoms with Gasteiger partial charge in [-0.2, -0.15) is 5.26 Å². The molecule has 0 bridgehead atoms. The van der Waals surface area contributed by atoms with Crippen molar-refractivity contribution in [3.63, 3.8) is 0 Å². The van der Waals surface area contributed by atoms with E-state index in [2.05, 4.69) is 17.3 Å². The first-order valence-electron chi connectivity index (χ1n) is 4.89. The number of nitrogens with zero attached hydrogens (tertiary/aromatic N) is 1. The van der Waals surface area contributed by atoms with Gasteiger partial charge >= 0.3 is 0 Å². The van der Waals surface area contributed by atoms with Gasteiger partial charge in [0.1, 0.15) is 5.54 Å². The summed E-state index contributed by atoms with van der Waals surface area (Å²) < 4.78 is 5.29. The number of nitriles is 1. The quantitative estimate of drug-likeness (QED) is 0.680. The lowest BCUT2D eigenvalue weighted by molar-refractivity contribution is 0.0459. The Hall–Kier alpha value is -1.03. The van der Waals surface area contributed by atoms with Gasteiger partial charge in [0.15, 0.2) is 0 Å². The molecule has 0 radical (unpaired) electrons. The Labute approximate surface area is 85.4 Å². The van der Waals surface area contributed by atoms with Crippen LogP contribution in [-0.4, -0.2) is 25.3 Å². The van der Waals surface area contributed by atoms with Gasteiger partial charge in [-0.1, -0.05) is 5.92 Å². The number of ether oxygens (including phenoxy) is 1. The molecule has 3 nitrogen and oxygen atoms in total. The van der Waals surface area contributed by atoms with Gasteiger partial charge in [-0.05, 0) is 19.3 Å². The van der Waals surface area contributed by atoms with Crippen LogP contribution >= 0.6 is 0 Å². The van der Waals surface area contributed by atoms with Crippen LogP contribution in [0.2, 0.25) is 0 Å². The Kier molecular flexibility index (Phi) is 3.95. The summed E-state index contributed by atoms with van der Waals surface area (Å²) in [6.45, 7) is 0.448. The van der Waals surface area contributed by atoms with Gasteiger partial charge in [0.2, 0.25) is 0 Å². The number of hydrogen-bond donors (Lipinski definition) is 1. The fourth-order valence-corrected chi connectivity index (χ4v) is 1.95. The molecule has 2 unspecified atom stereocenters. The second kappa shape index (κ2) is 5.00. The maximum absolute atomic E-state index is 9.14. The molecule has 1 fully saturated rings. The smallest absolute Gasteiger partial charge is 0.109 e. The maximum Gasteiger partial charge on any atom is 0.109 e. The minimum Gasteiger partial charge on any atom is -0.381 e. The molecule has 0 saturated heterocycles. The van der Waals surface area contributed by atoms with Crippen molar-refractivity contribution in [1.29, 1.82) is 5.26 Å². The fraction of sp³-hybridized carbons (Fsp3) is 0.727. The van der Waals surface area contributed by atoms with Crippen LogP contribution in [0.1, 0.15) is 25.7 Å². The monoisotopic (exact) mass is 192 g/mol. The molecule has 0 heterocycles. The van der Waals surface area contributed by atoms with Crippen molar-refractivity contribution in [2.24, 2.45) is 0 Å². The Morgan fingerprint density at radius 1 is 1.71 bits per heavy atom. The molecule has 1 N–H and O–H groups in total. The molecule has 1 aliphatic carbocycles. The number of methoxy groups -OCH3 is 1. The van der Waals surface area contributed by atoms with E-state index in [0.29, 0.717) is 6.54 Å². The molecule has 76 valence electrons. The molecule has 14 heavy (non-hydrogen) atoms. The van der Waals surface area contributed by atoms with Crippen molar-refractivity contribution < 1.29 is 4.74 Å². The van der Waals surface area contributed by atoms with Crippen LogP contribution in [0.25, 0.3) is 0 Å². The third-order valence-electron chi connectivity index (χ3n) is 2.78. The van der Waals surface area contributed by atoms with Crippen LogP contribution in [0, 0.1) is 23.7 Å². The van der Waals surface area contributed by atoms with E-state index in [1.54, 1.807) is 7.11 Å². The van der Waals surface area contributed by atoms with E-state index in [-0.39, 0.29) is 6.10 Å². The first kappa shape index (κ1) is 11.0. The summed E-state index contributed by atoms with van der Waals surface area (Å²) in [5.41, 5.74) is -0.467. The van der Waals surface area contributed by atoms with Gasteiger partial charge in [0.05, 0.1) is 18.7 Å². The van der Waals surface area contributed by atoms with Crippen molar-refractivity contribution in [1.82, 2.24) is 5.32 Å². The summed E-state index contributed by atoms with van der Waals surface area (Å²) in [6.07, 6.45) is 9.02. The molecule has 1 saturated carbocycles. The van der Waals surface area contributed by atoms with Crippen molar-refractivity contribution in [3.8, 4) is 18.4 Å². The molecule has 1 aliphatic rings. The first-order valence-corrected chi connectivity index (χ1v) is 4.89. The minimum absolute atomic E-state index is 0.189. The van der Waals surface area contributed by atoms with E-state index in [4.69, 9.17) is 16.4 Å². The van der Waals surface area contributed by atoms with E-state index in [1.807, 2.05) is 0 Å². The second-order valence-electron chi connectivity index (χ2n) is 3.71. The van der Waals surface area contributed by atoms with Crippen molar-refractivity contribution in [2.45, 2.75) is 37.3 Å². The molecule has 2 atom stereocenters. The highest BCUT2D eigenvalue weighted by atomic mass is 16.5. The zero-order valence-corrected chi connectivity index (χ0v) is 8.55. The molecule has 0 aromatic heterocycles. The Balaban J connectivity index is 2.60. The number of terminal acetylenes is 1. The molecule has 0 amide bonds. The van der Waals surface area contributed by atoms with E-state index in [0.717, 1.165) is 25.7 Å². The largest absolute Gasteiger partial charge is 0.381 e. The summed E-state index contributed by atoms with van der Waals surface area (Å²) in [5.74, 6) is 2.50. The molecular formula is C11H16N2O. The number of hydrogen-bond acceptors (Lipinski definition) is 3. The summed E-state index contributed by atoms with van der Waals surface area (Å²) in [6, 6.07) is 2.33. The average molecular weight is 192 g/mol. The van der Waals surface area contributed by atoms with Gasteiger partial charge < -0.3 is 4.74 Å². The lowest BCUT2D eigenvalue weighted by atomic mass is 9.81. The molecule has 0 aliphatic heterocycles. The van der Waals surface area contributed by atoms with Gasteiger partial charge in [-0.25, -0.2) is 0 Å². The highest BCUT2D eigenvalue weighted by Gasteiger charge is 2.35. The topological polar surface area (TPSA) is 45.0 Å². The fourth-order valence-electron chi connectivity index (χ4n) is 1.95. The summed E-state index contributed by atoms with van der Waals surface area (Å²) >= 11 is 0. The Morgan fingerprint density at radius 2 is 2.50 bits per heavy atom. The second-order valence-corrected chi connectivity index (χ2v) is 3.71. The number of nitrogens with one attached hydrogen (secondary N) is 1. The maximum atomic E-state index is 9.14. The Morgan fingerprint density at radius 3 is 3.07 bits per heavy atom. The van der Waals surface area contributed by atoms with E-state index < -0.39 is 5.54 Å².